The second-order valence-corrected chi connectivity index (χ2v) is 6.06. The lowest BCUT2D eigenvalue weighted by Gasteiger charge is -2.32. The van der Waals surface area contributed by atoms with Gasteiger partial charge in [-0.15, -0.1) is 24.8 Å². The molecule has 3 rings (SSSR count). The predicted octanol–water partition coefficient (Wildman–Crippen LogP) is 2.11. The average Bonchev–Trinajstić information content (AvgIpc) is 3.17. The second-order valence-electron chi connectivity index (χ2n) is 6.06. The molecule has 2 fully saturated rings. The Morgan fingerprint density at radius 2 is 1.91 bits per heavy atom. The fourth-order valence-electron chi connectivity index (χ4n) is 2.79. The Labute approximate surface area is 144 Å². The molecule has 0 bridgehead atoms. The number of halogens is 2. The van der Waals surface area contributed by atoms with Gasteiger partial charge in [0.1, 0.15) is 0 Å². The van der Waals surface area contributed by atoms with E-state index in [0.29, 0.717) is 12.5 Å². The lowest BCUT2D eigenvalue weighted by atomic mass is 10.0. The molecule has 0 unspecified atom stereocenters. The summed E-state index contributed by atoms with van der Waals surface area (Å²) < 4.78 is 1.96. The van der Waals surface area contributed by atoms with Crippen LogP contribution in [0.1, 0.15) is 32.1 Å². The van der Waals surface area contributed by atoms with Crippen molar-refractivity contribution in [1.29, 1.82) is 0 Å². The smallest absolute Gasteiger partial charge is 0.224 e. The summed E-state index contributed by atoms with van der Waals surface area (Å²) in [6.07, 6.45) is 11.0. The monoisotopic (exact) mass is 348 g/mol. The Morgan fingerprint density at radius 1 is 1.18 bits per heavy atom. The van der Waals surface area contributed by atoms with Crippen molar-refractivity contribution in [1.82, 2.24) is 19.8 Å². The third-order valence-electron chi connectivity index (χ3n) is 4.38. The van der Waals surface area contributed by atoms with Crippen molar-refractivity contribution in [2.45, 2.75) is 44.7 Å². The normalized spacial score (nSPS) is 18.5. The highest BCUT2D eigenvalue weighted by molar-refractivity contribution is 5.85. The zero-order valence-corrected chi connectivity index (χ0v) is 14.5. The lowest BCUT2D eigenvalue weighted by molar-refractivity contribution is -0.132. The topological polar surface area (TPSA) is 50.2 Å². The summed E-state index contributed by atoms with van der Waals surface area (Å²) in [6.45, 7) is 3.73. The van der Waals surface area contributed by atoms with Crippen LogP contribution in [0, 0.1) is 5.92 Å². The van der Waals surface area contributed by atoms with Crippen LogP contribution in [0.15, 0.2) is 18.7 Å². The summed E-state index contributed by atoms with van der Waals surface area (Å²) in [5, 5.41) is 3.65. The molecular formula is C15H26Cl2N4O. The summed E-state index contributed by atoms with van der Waals surface area (Å²) in [6, 6.07) is 0.619. The molecular weight excluding hydrogens is 323 g/mol. The van der Waals surface area contributed by atoms with Gasteiger partial charge in [-0.25, -0.2) is 4.98 Å². The maximum absolute atomic E-state index is 12.1. The van der Waals surface area contributed by atoms with Crippen molar-refractivity contribution in [3.8, 4) is 0 Å². The third kappa shape index (κ3) is 5.78. The maximum atomic E-state index is 12.1. The van der Waals surface area contributed by atoms with Gasteiger partial charge in [0.25, 0.3) is 0 Å². The zero-order valence-electron chi connectivity index (χ0n) is 12.8. The largest absolute Gasteiger partial charge is 0.343 e. The van der Waals surface area contributed by atoms with E-state index in [1.807, 2.05) is 15.7 Å². The zero-order chi connectivity index (χ0) is 13.8. The van der Waals surface area contributed by atoms with E-state index in [9.17, 15) is 4.79 Å². The number of piperidine rings is 1. The average molecular weight is 349 g/mol. The predicted molar refractivity (Wildman–Crippen MR) is 91.7 cm³/mol. The summed E-state index contributed by atoms with van der Waals surface area (Å²) >= 11 is 0. The molecule has 1 N–H and O–H groups in total. The molecule has 0 atom stereocenters. The van der Waals surface area contributed by atoms with Gasteiger partial charge < -0.3 is 14.8 Å². The summed E-state index contributed by atoms with van der Waals surface area (Å²) in [4.78, 5) is 18.2. The van der Waals surface area contributed by atoms with E-state index in [2.05, 4.69) is 10.3 Å². The highest BCUT2D eigenvalue weighted by Gasteiger charge is 2.25. The van der Waals surface area contributed by atoms with Gasteiger partial charge in [-0.05, 0) is 38.1 Å². The van der Waals surface area contributed by atoms with E-state index in [1.54, 1.807) is 12.5 Å². The van der Waals surface area contributed by atoms with Crippen LogP contribution >= 0.6 is 24.8 Å². The molecule has 7 heteroatoms. The van der Waals surface area contributed by atoms with Crippen molar-refractivity contribution >= 4 is 30.7 Å². The van der Waals surface area contributed by atoms with Crippen LogP contribution in [0.25, 0.3) is 0 Å². The Bertz CT molecular complexity index is 429. The molecule has 1 aromatic rings. The number of aryl methyl sites for hydroxylation is 1. The van der Waals surface area contributed by atoms with E-state index in [-0.39, 0.29) is 30.7 Å². The van der Waals surface area contributed by atoms with E-state index >= 15 is 0 Å². The first kappa shape index (κ1) is 19.3. The van der Waals surface area contributed by atoms with Gasteiger partial charge in [0.2, 0.25) is 5.91 Å². The first-order chi connectivity index (χ1) is 9.81. The molecule has 1 aromatic heterocycles. The first-order valence-electron chi connectivity index (χ1n) is 7.78. The number of likely N-dealkylation sites (tertiary alicyclic amines) is 1. The van der Waals surface area contributed by atoms with Crippen molar-refractivity contribution < 1.29 is 4.79 Å². The van der Waals surface area contributed by atoms with E-state index < -0.39 is 0 Å². The fraction of sp³-hybridized carbons (Fsp3) is 0.733. The highest BCUT2D eigenvalue weighted by Crippen LogP contribution is 2.28. The molecule has 1 saturated heterocycles. The molecule has 2 aliphatic rings. The number of imidazole rings is 1. The standard InChI is InChI=1S/C15H24N4O.2ClH/c20-15(5-7-18-10-6-16-12-18)19-8-3-14(4-9-19)17-11-13-1-2-13;;/h6,10,12-14,17H,1-5,7-9,11H2;2*1H. The van der Waals surface area contributed by atoms with Gasteiger partial charge in [-0.3, -0.25) is 4.79 Å². The minimum atomic E-state index is 0. The van der Waals surface area contributed by atoms with Gasteiger partial charge in [0, 0.05) is 44.5 Å². The van der Waals surface area contributed by atoms with E-state index in [4.69, 9.17) is 0 Å². The SMILES string of the molecule is Cl.Cl.O=C(CCn1ccnc1)N1CCC(NCC2CC2)CC1. The second kappa shape index (κ2) is 9.38. The van der Waals surface area contributed by atoms with E-state index in [0.717, 1.165) is 38.4 Å². The van der Waals surface area contributed by atoms with Crippen LogP contribution in [0.2, 0.25) is 0 Å². The number of hydrogen-bond donors (Lipinski definition) is 1. The van der Waals surface area contributed by atoms with Gasteiger partial charge in [-0.1, -0.05) is 0 Å². The molecule has 2 heterocycles. The number of carbonyl (C=O) groups is 1. The highest BCUT2D eigenvalue weighted by atomic mass is 35.5. The van der Waals surface area contributed by atoms with Crippen molar-refractivity contribution in [3.05, 3.63) is 18.7 Å². The van der Waals surface area contributed by atoms with Gasteiger partial charge >= 0.3 is 0 Å². The minimum Gasteiger partial charge on any atom is -0.343 e. The molecule has 1 amide bonds. The quantitative estimate of drug-likeness (QED) is 0.856. The first-order valence-corrected chi connectivity index (χ1v) is 7.78. The summed E-state index contributed by atoms with van der Waals surface area (Å²) in [5.74, 6) is 1.21. The van der Waals surface area contributed by atoms with Gasteiger partial charge in [0.15, 0.2) is 0 Å². The Balaban J connectivity index is 0.00000121. The number of carbonyl (C=O) groups excluding carboxylic acids is 1. The number of aromatic nitrogens is 2. The molecule has 22 heavy (non-hydrogen) atoms. The van der Waals surface area contributed by atoms with Crippen LogP contribution in [-0.2, 0) is 11.3 Å². The Morgan fingerprint density at radius 3 is 2.50 bits per heavy atom. The number of nitrogens with zero attached hydrogens (tertiary/aromatic N) is 3. The molecule has 0 spiro atoms. The molecule has 0 radical (unpaired) electrons. The molecule has 1 aliphatic heterocycles. The van der Waals surface area contributed by atoms with Crippen LogP contribution < -0.4 is 5.32 Å². The maximum Gasteiger partial charge on any atom is 0.224 e. The third-order valence-corrected chi connectivity index (χ3v) is 4.38. The minimum absolute atomic E-state index is 0. The molecule has 126 valence electrons. The number of rotatable bonds is 6. The number of amides is 1. The Hall–Kier alpha value is -0.780. The molecule has 5 nitrogen and oxygen atoms in total. The summed E-state index contributed by atoms with van der Waals surface area (Å²) in [5.41, 5.74) is 0. The van der Waals surface area contributed by atoms with E-state index in [1.165, 1.54) is 19.4 Å². The van der Waals surface area contributed by atoms with Crippen molar-refractivity contribution in [2.24, 2.45) is 5.92 Å². The molecule has 0 aromatic carbocycles. The molecule has 1 aliphatic carbocycles. The van der Waals surface area contributed by atoms with Gasteiger partial charge in [0.05, 0.1) is 6.33 Å². The fourth-order valence-corrected chi connectivity index (χ4v) is 2.79. The number of hydrogen-bond acceptors (Lipinski definition) is 3. The van der Waals surface area contributed by atoms with Crippen LogP contribution in [0.3, 0.4) is 0 Å². The van der Waals surface area contributed by atoms with Crippen molar-refractivity contribution in [2.75, 3.05) is 19.6 Å². The lowest BCUT2D eigenvalue weighted by Crippen LogP contribution is -2.45. The van der Waals surface area contributed by atoms with Crippen molar-refractivity contribution in [3.63, 3.8) is 0 Å². The van der Waals surface area contributed by atoms with Gasteiger partial charge in [-0.2, -0.15) is 0 Å². The summed E-state index contributed by atoms with van der Waals surface area (Å²) in [7, 11) is 0. The molecule has 1 saturated carbocycles. The Kier molecular flexibility index (Phi) is 8.21. The van der Waals surface area contributed by atoms with Crippen LogP contribution in [0.5, 0.6) is 0 Å². The van der Waals surface area contributed by atoms with Crippen LogP contribution in [0.4, 0.5) is 0 Å². The number of nitrogens with one attached hydrogen (secondary N) is 1. The van der Waals surface area contributed by atoms with Crippen LogP contribution in [-0.4, -0.2) is 46.0 Å².